The summed E-state index contributed by atoms with van der Waals surface area (Å²) in [6.45, 7) is 6.99. The van der Waals surface area contributed by atoms with Crippen molar-refractivity contribution in [3.05, 3.63) is 29.8 Å². The largest absolute Gasteiger partial charge is 0.493 e. The maximum Gasteiger partial charge on any atom is 0.119 e. The second-order valence-electron chi connectivity index (χ2n) is 5.60. The minimum Gasteiger partial charge on any atom is -0.493 e. The molecule has 0 fully saturated rings. The van der Waals surface area contributed by atoms with E-state index in [0.717, 1.165) is 18.6 Å². The van der Waals surface area contributed by atoms with Crippen LogP contribution >= 0.6 is 0 Å². The topological polar surface area (TPSA) is 30.5 Å². The second-order valence-corrected chi connectivity index (χ2v) is 5.60. The highest BCUT2D eigenvalue weighted by atomic mass is 16.5. The molecule has 0 aliphatic heterocycles. The van der Waals surface area contributed by atoms with Gasteiger partial charge in [0.05, 0.1) is 12.2 Å². The molecule has 0 heterocycles. The number of benzene rings is 1. The molecule has 1 aromatic carbocycles. The Morgan fingerprint density at radius 3 is 2.37 bits per heavy atom. The van der Waals surface area contributed by atoms with Gasteiger partial charge < -0.3 is 14.8 Å². The third-order valence-electron chi connectivity index (χ3n) is 3.48. The van der Waals surface area contributed by atoms with Crippen LogP contribution in [0.25, 0.3) is 0 Å². The summed E-state index contributed by atoms with van der Waals surface area (Å²) >= 11 is 0. The van der Waals surface area contributed by atoms with Gasteiger partial charge in [0.15, 0.2) is 0 Å². The maximum absolute atomic E-state index is 5.73. The third-order valence-corrected chi connectivity index (χ3v) is 3.48. The van der Waals surface area contributed by atoms with E-state index < -0.39 is 0 Å². The van der Waals surface area contributed by atoms with Crippen LogP contribution in [0, 0.1) is 0 Å². The Hall–Kier alpha value is -1.06. The number of likely N-dealkylation sites (N-methyl/N-ethyl adjacent to an activating group) is 1. The van der Waals surface area contributed by atoms with Crippen molar-refractivity contribution in [3.63, 3.8) is 0 Å². The number of hydrogen-bond donors (Lipinski definition) is 1. The van der Waals surface area contributed by atoms with Crippen molar-refractivity contribution < 1.29 is 9.47 Å². The lowest BCUT2D eigenvalue weighted by Crippen LogP contribution is -2.25. The Morgan fingerprint density at radius 2 is 1.84 bits per heavy atom. The van der Waals surface area contributed by atoms with Gasteiger partial charge in [-0.05, 0) is 51.9 Å². The maximum atomic E-state index is 5.73. The first-order chi connectivity index (χ1) is 8.96. The van der Waals surface area contributed by atoms with Crippen molar-refractivity contribution in [2.24, 2.45) is 0 Å². The van der Waals surface area contributed by atoms with Crippen LogP contribution in [0.15, 0.2) is 24.3 Å². The number of nitrogens with one attached hydrogen (secondary N) is 1. The van der Waals surface area contributed by atoms with Crippen LogP contribution in [-0.4, -0.2) is 32.4 Å². The number of hydrogen-bond acceptors (Lipinski definition) is 3. The molecule has 0 radical (unpaired) electrons. The van der Waals surface area contributed by atoms with Crippen LogP contribution in [0.3, 0.4) is 0 Å². The normalized spacial score (nSPS) is 13.3. The summed E-state index contributed by atoms with van der Waals surface area (Å²) in [5.41, 5.74) is 1.20. The van der Waals surface area contributed by atoms with Crippen molar-refractivity contribution in [2.75, 3.05) is 20.8 Å². The van der Waals surface area contributed by atoms with Gasteiger partial charge in [0.2, 0.25) is 0 Å². The van der Waals surface area contributed by atoms with Crippen LogP contribution in [-0.2, 0) is 11.2 Å². The van der Waals surface area contributed by atoms with E-state index in [1.54, 1.807) is 7.11 Å². The lowest BCUT2D eigenvalue weighted by atomic mass is 10.1. The fraction of sp³-hybridized carbons (Fsp3) is 0.625. The van der Waals surface area contributed by atoms with Gasteiger partial charge in [-0.15, -0.1) is 0 Å². The Bertz CT molecular complexity index is 360. The van der Waals surface area contributed by atoms with Crippen LogP contribution in [0.4, 0.5) is 0 Å². The summed E-state index contributed by atoms with van der Waals surface area (Å²) in [7, 11) is 3.72. The first kappa shape index (κ1) is 16.0. The van der Waals surface area contributed by atoms with Crippen LogP contribution < -0.4 is 10.1 Å². The monoisotopic (exact) mass is 265 g/mol. The Morgan fingerprint density at radius 1 is 1.21 bits per heavy atom. The molecule has 3 nitrogen and oxygen atoms in total. The van der Waals surface area contributed by atoms with E-state index in [1.165, 1.54) is 5.56 Å². The number of methoxy groups -OCH3 is 1. The van der Waals surface area contributed by atoms with Crippen LogP contribution in [0.2, 0.25) is 0 Å². The van der Waals surface area contributed by atoms with E-state index in [9.17, 15) is 0 Å². The minimum absolute atomic E-state index is 0.123. The first-order valence-electron chi connectivity index (χ1n) is 6.91. The predicted molar refractivity (Wildman–Crippen MR) is 79.9 cm³/mol. The fourth-order valence-electron chi connectivity index (χ4n) is 1.69. The third kappa shape index (κ3) is 6.08. The van der Waals surface area contributed by atoms with E-state index in [4.69, 9.17) is 9.47 Å². The summed E-state index contributed by atoms with van der Waals surface area (Å²) in [4.78, 5) is 0. The number of rotatable bonds is 8. The van der Waals surface area contributed by atoms with E-state index in [2.05, 4.69) is 38.2 Å². The van der Waals surface area contributed by atoms with E-state index >= 15 is 0 Å². The molecule has 0 bridgehead atoms. The smallest absolute Gasteiger partial charge is 0.119 e. The van der Waals surface area contributed by atoms with E-state index in [0.29, 0.717) is 12.6 Å². The molecule has 0 aliphatic rings. The first-order valence-corrected chi connectivity index (χ1v) is 6.91. The molecule has 1 rings (SSSR count). The average Bonchev–Trinajstić information content (AvgIpc) is 2.40. The summed E-state index contributed by atoms with van der Waals surface area (Å²) in [5.74, 6) is 0.924. The Kier molecular flexibility index (Phi) is 6.32. The van der Waals surface area contributed by atoms with Crippen LogP contribution in [0.5, 0.6) is 5.75 Å². The molecule has 1 aromatic rings. The molecule has 108 valence electrons. The average molecular weight is 265 g/mol. The fourth-order valence-corrected chi connectivity index (χ4v) is 1.69. The molecule has 3 heteroatoms. The molecule has 1 N–H and O–H groups in total. The zero-order valence-electron chi connectivity index (χ0n) is 12.8. The molecule has 0 saturated carbocycles. The van der Waals surface area contributed by atoms with Crippen molar-refractivity contribution in [1.29, 1.82) is 0 Å². The summed E-state index contributed by atoms with van der Waals surface area (Å²) < 4.78 is 11.1. The van der Waals surface area contributed by atoms with Crippen molar-refractivity contribution in [3.8, 4) is 5.75 Å². The van der Waals surface area contributed by atoms with Gasteiger partial charge in [-0.2, -0.15) is 0 Å². The molecule has 0 aliphatic carbocycles. The zero-order chi connectivity index (χ0) is 14.3. The van der Waals surface area contributed by atoms with Gasteiger partial charge in [-0.3, -0.25) is 0 Å². The number of ether oxygens (including phenoxy) is 2. The lowest BCUT2D eigenvalue weighted by molar-refractivity contribution is 0.00545. The minimum atomic E-state index is -0.123. The highest BCUT2D eigenvalue weighted by Crippen LogP contribution is 2.17. The van der Waals surface area contributed by atoms with Gasteiger partial charge in [-0.25, -0.2) is 0 Å². The quantitative estimate of drug-likeness (QED) is 0.783. The van der Waals surface area contributed by atoms with Crippen LogP contribution in [0.1, 0.15) is 32.8 Å². The predicted octanol–water partition coefficient (Wildman–Crippen LogP) is 3.03. The molecule has 0 saturated heterocycles. The molecule has 1 unspecified atom stereocenters. The SMILES string of the molecule is CNC(C)Cc1ccc(OCCC(C)(C)OC)cc1. The van der Waals surface area contributed by atoms with E-state index in [-0.39, 0.29) is 5.60 Å². The molecule has 0 aromatic heterocycles. The second kappa shape index (κ2) is 7.51. The van der Waals surface area contributed by atoms with Crippen molar-refractivity contribution >= 4 is 0 Å². The van der Waals surface area contributed by atoms with Gasteiger partial charge in [0, 0.05) is 19.6 Å². The molecule has 0 amide bonds. The Balaban J connectivity index is 2.40. The zero-order valence-corrected chi connectivity index (χ0v) is 12.8. The highest BCUT2D eigenvalue weighted by molar-refractivity contribution is 5.27. The molecule has 1 atom stereocenters. The molecular weight excluding hydrogens is 238 g/mol. The van der Waals surface area contributed by atoms with E-state index in [1.807, 2.05) is 19.2 Å². The van der Waals surface area contributed by atoms with Gasteiger partial charge in [0.25, 0.3) is 0 Å². The van der Waals surface area contributed by atoms with Gasteiger partial charge >= 0.3 is 0 Å². The van der Waals surface area contributed by atoms with Gasteiger partial charge in [-0.1, -0.05) is 12.1 Å². The lowest BCUT2D eigenvalue weighted by Gasteiger charge is -2.22. The molecule has 19 heavy (non-hydrogen) atoms. The summed E-state index contributed by atoms with van der Waals surface area (Å²) in [6.07, 6.45) is 1.91. The molecular formula is C16H27NO2. The standard InChI is InChI=1S/C16H27NO2/c1-13(17-4)12-14-6-8-15(9-7-14)19-11-10-16(2,3)18-5/h6-9,13,17H,10-12H2,1-5H3. The Labute approximate surface area is 117 Å². The van der Waals surface area contributed by atoms with Crippen molar-refractivity contribution in [2.45, 2.75) is 45.3 Å². The molecule has 0 spiro atoms. The summed E-state index contributed by atoms with van der Waals surface area (Å²) in [6, 6.07) is 8.83. The van der Waals surface area contributed by atoms with Gasteiger partial charge in [0.1, 0.15) is 5.75 Å². The highest BCUT2D eigenvalue weighted by Gasteiger charge is 2.15. The van der Waals surface area contributed by atoms with Crippen molar-refractivity contribution in [1.82, 2.24) is 5.32 Å². The summed E-state index contributed by atoms with van der Waals surface area (Å²) in [5, 5.41) is 3.24.